The van der Waals surface area contributed by atoms with E-state index in [4.69, 9.17) is 14.2 Å². The van der Waals surface area contributed by atoms with Crippen LogP contribution in [0.3, 0.4) is 0 Å². The molecule has 2 atom stereocenters. The van der Waals surface area contributed by atoms with E-state index in [2.05, 4.69) is 13.8 Å². The summed E-state index contributed by atoms with van der Waals surface area (Å²) in [4.78, 5) is 14.1. The molecule has 0 aromatic heterocycles. The largest absolute Gasteiger partial charge is 0.497 e. The number of hydrogen-bond donors (Lipinski definition) is 0. The van der Waals surface area contributed by atoms with Crippen LogP contribution < -0.4 is 9.64 Å². The average Bonchev–Trinajstić information content (AvgIpc) is 2.47. The molecule has 5 nitrogen and oxygen atoms in total. The second-order valence-electron chi connectivity index (χ2n) is 5.60. The first kappa shape index (κ1) is 15.8. The molecule has 2 unspecified atom stereocenters. The Labute approximate surface area is 125 Å². The molecule has 0 aliphatic carbocycles. The molecule has 1 aliphatic heterocycles. The van der Waals surface area contributed by atoms with E-state index < -0.39 is 6.10 Å². The maximum absolute atomic E-state index is 12.3. The molecule has 21 heavy (non-hydrogen) atoms. The third-order valence-electron chi connectivity index (χ3n) is 3.59. The van der Waals surface area contributed by atoms with Crippen molar-refractivity contribution >= 4 is 11.6 Å². The van der Waals surface area contributed by atoms with Gasteiger partial charge in [0, 0.05) is 12.8 Å². The average molecular weight is 293 g/mol. The number of ether oxygens (including phenoxy) is 3. The Morgan fingerprint density at radius 2 is 1.86 bits per heavy atom. The molecule has 1 saturated heterocycles. The van der Waals surface area contributed by atoms with Crippen molar-refractivity contribution in [2.24, 2.45) is 5.92 Å². The topological polar surface area (TPSA) is 48.0 Å². The molecule has 1 amide bonds. The lowest BCUT2D eigenvalue weighted by molar-refractivity contribution is -0.155. The fourth-order valence-electron chi connectivity index (χ4n) is 2.62. The lowest BCUT2D eigenvalue weighted by Crippen LogP contribution is -2.66. The fraction of sp³-hybridized carbons (Fsp3) is 0.562. The zero-order valence-corrected chi connectivity index (χ0v) is 13.0. The van der Waals surface area contributed by atoms with Crippen LogP contribution >= 0.6 is 0 Å². The highest BCUT2D eigenvalue weighted by atomic mass is 16.7. The first-order valence-electron chi connectivity index (χ1n) is 7.16. The van der Waals surface area contributed by atoms with E-state index in [0.717, 1.165) is 17.9 Å². The van der Waals surface area contributed by atoms with Crippen molar-refractivity contribution in [1.29, 1.82) is 0 Å². The Morgan fingerprint density at radius 3 is 2.38 bits per heavy atom. The Kier molecular flexibility index (Phi) is 5.20. The van der Waals surface area contributed by atoms with Crippen molar-refractivity contribution < 1.29 is 19.0 Å². The predicted molar refractivity (Wildman–Crippen MR) is 80.5 cm³/mol. The summed E-state index contributed by atoms with van der Waals surface area (Å²) in [6.07, 6.45) is 0.487. The highest BCUT2D eigenvalue weighted by molar-refractivity contribution is 6.04. The number of benzene rings is 1. The molecular formula is C16H23NO4. The molecule has 1 aliphatic rings. The minimum atomic E-state index is -0.408. The van der Waals surface area contributed by atoms with E-state index in [1.165, 1.54) is 0 Å². The molecular weight excluding hydrogens is 270 g/mol. The van der Waals surface area contributed by atoms with Gasteiger partial charge in [0.1, 0.15) is 12.5 Å². The molecule has 1 fully saturated rings. The van der Waals surface area contributed by atoms with Crippen LogP contribution in [0.4, 0.5) is 5.69 Å². The van der Waals surface area contributed by atoms with Crippen molar-refractivity contribution in [3.63, 3.8) is 0 Å². The van der Waals surface area contributed by atoms with Gasteiger partial charge < -0.3 is 19.1 Å². The van der Waals surface area contributed by atoms with Gasteiger partial charge in [0.2, 0.25) is 0 Å². The fourth-order valence-corrected chi connectivity index (χ4v) is 2.62. The zero-order chi connectivity index (χ0) is 15.4. The van der Waals surface area contributed by atoms with Gasteiger partial charge in [0.15, 0.2) is 6.10 Å². The number of rotatable bonds is 7. The van der Waals surface area contributed by atoms with Crippen LogP contribution in [0.2, 0.25) is 0 Å². The molecule has 2 rings (SSSR count). The van der Waals surface area contributed by atoms with Crippen LogP contribution in [0.25, 0.3) is 0 Å². The monoisotopic (exact) mass is 293 g/mol. The van der Waals surface area contributed by atoms with Crippen LogP contribution in [-0.4, -0.2) is 39.1 Å². The van der Waals surface area contributed by atoms with Crippen LogP contribution in [0.5, 0.6) is 5.75 Å². The Morgan fingerprint density at radius 1 is 1.19 bits per heavy atom. The van der Waals surface area contributed by atoms with Crippen molar-refractivity contribution in [3.8, 4) is 5.75 Å². The van der Waals surface area contributed by atoms with Crippen molar-refractivity contribution in [2.45, 2.75) is 32.4 Å². The summed E-state index contributed by atoms with van der Waals surface area (Å²) in [7, 11) is 3.18. The van der Waals surface area contributed by atoms with E-state index in [-0.39, 0.29) is 18.7 Å². The third kappa shape index (κ3) is 3.36. The van der Waals surface area contributed by atoms with Gasteiger partial charge in [-0.2, -0.15) is 0 Å². The van der Waals surface area contributed by atoms with Gasteiger partial charge in [0.05, 0.1) is 13.2 Å². The number of nitrogens with zero attached hydrogens (tertiary/aromatic N) is 1. The smallest absolute Gasteiger partial charge is 0.258 e. The molecule has 116 valence electrons. The molecule has 0 N–H and O–H groups in total. The van der Waals surface area contributed by atoms with Gasteiger partial charge >= 0.3 is 0 Å². The highest BCUT2D eigenvalue weighted by Crippen LogP contribution is 2.34. The summed E-state index contributed by atoms with van der Waals surface area (Å²) >= 11 is 0. The predicted octanol–water partition coefficient (Wildman–Crippen LogP) is 2.45. The molecule has 0 saturated carbocycles. The molecule has 1 aromatic carbocycles. The van der Waals surface area contributed by atoms with E-state index in [1.54, 1.807) is 19.1 Å². The van der Waals surface area contributed by atoms with Crippen molar-refractivity contribution in [3.05, 3.63) is 24.3 Å². The van der Waals surface area contributed by atoms with Gasteiger partial charge in [-0.3, -0.25) is 4.79 Å². The first-order chi connectivity index (χ1) is 10.1. The number of β-lactam (4-membered cyclic amide) rings is 1. The SMILES string of the molecule is COCOC1C(=O)N(c2ccc(OC)cc2)C1CC(C)C. The zero-order valence-electron chi connectivity index (χ0n) is 13.0. The maximum Gasteiger partial charge on any atom is 0.258 e. The van der Waals surface area contributed by atoms with Gasteiger partial charge in [-0.05, 0) is 36.6 Å². The van der Waals surface area contributed by atoms with Crippen LogP contribution in [0, 0.1) is 5.92 Å². The molecule has 1 aromatic rings. The molecule has 1 heterocycles. The van der Waals surface area contributed by atoms with Gasteiger partial charge in [-0.1, -0.05) is 13.8 Å². The third-order valence-corrected chi connectivity index (χ3v) is 3.59. The van der Waals surface area contributed by atoms with Crippen LogP contribution in [0.1, 0.15) is 20.3 Å². The van der Waals surface area contributed by atoms with Crippen molar-refractivity contribution in [2.75, 3.05) is 25.9 Å². The number of hydrogen-bond acceptors (Lipinski definition) is 4. The Hall–Kier alpha value is -1.59. The van der Waals surface area contributed by atoms with E-state index >= 15 is 0 Å². The standard InChI is InChI=1S/C16H23NO4/c1-11(2)9-14-15(21-10-19-3)16(18)17(14)12-5-7-13(20-4)8-6-12/h5-8,11,14-15H,9-10H2,1-4H3. The number of amides is 1. The van der Waals surface area contributed by atoms with Crippen LogP contribution in [0.15, 0.2) is 24.3 Å². The molecule has 5 heteroatoms. The van der Waals surface area contributed by atoms with Gasteiger partial charge in [-0.15, -0.1) is 0 Å². The summed E-state index contributed by atoms with van der Waals surface area (Å²) in [5, 5.41) is 0. The molecule has 0 spiro atoms. The number of carbonyl (C=O) groups is 1. The van der Waals surface area contributed by atoms with Crippen LogP contribution in [-0.2, 0) is 14.3 Å². The van der Waals surface area contributed by atoms with Gasteiger partial charge in [0.25, 0.3) is 5.91 Å². The molecule has 0 bridgehead atoms. The van der Waals surface area contributed by atoms with Gasteiger partial charge in [-0.25, -0.2) is 0 Å². The normalized spacial score (nSPS) is 21.6. The number of anilines is 1. The lowest BCUT2D eigenvalue weighted by atomic mass is 9.89. The van der Waals surface area contributed by atoms with Crippen molar-refractivity contribution in [1.82, 2.24) is 0 Å². The Balaban J connectivity index is 2.14. The molecule has 0 radical (unpaired) electrons. The summed E-state index contributed by atoms with van der Waals surface area (Å²) in [5.74, 6) is 1.25. The second kappa shape index (κ2) is 6.91. The number of methoxy groups -OCH3 is 2. The maximum atomic E-state index is 12.3. The Bertz CT molecular complexity index is 472. The summed E-state index contributed by atoms with van der Waals surface area (Å²) in [6, 6.07) is 7.57. The number of carbonyl (C=O) groups excluding carboxylic acids is 1. The summed E-state index contributed by atoms with van der Waals surface area (Å²) < 4.78 is 15.6. The second-order valence-corrected chi connectivity index (χ2v) is 5.60. The quantitative estimate of drug-likeness (QED) is 0.572. The summed E-state index contributed by atoms with van der Waals surface area (Å²) in [6.45, 7) is 4.42. The van der Waals surface area contributed by atoms with E-state index in [9.17, 15) is 4.79 Å². The summed E-state index contributed by atoms with van der Waals surface area (Å²) in [5.41, 5.74) is 0.878. The van der Waals surface area contributed by atoms with E-state index in [1.807, 2.05) is 24.3 Å². The first-order valence-corrected chi connectivity index (χ1v) is 7.16. The lowest BCUT2D eigenvalue weighted by Gasteiger charge is -2.47. The minimum Gasteiger partial charge on any atom is -0.497 e. The van der Waals surface area contributed by atoms with E-state index in [0.29, 0.717) is 5.92 Å². The minimum absolute atomic E-state index is 0.0112. The highest BCUT2D eigenvalue weighted by Gasteiger charge is 2.49.